The maximum absolute atomic E-state index is 6.16. The normalized spacial score (nSPS) is 14.6. The van der Waals surface area contributed by atoms with E-state index >= 15 is 0 Å². The summed E-state index contributed by atoms with van der Waals surface area (Å²) in [6.07, 6.45) is 1.86. The van der Waals surface area contributed by atoms with Crippen LogP contribution in [0.15, 0.2) is 36.5 Å². The molecular formula is C25H30N2O4. The molecule has 0 unspecified atom stereocenters. The van der Waals surface area contributed by atoms with Crippen LogP contribution in [0.25, 0.3) is 22.0 Å². The third-order valence-electron chi connectivity index (χ3n) is 5.74. The number of fused-ring (bicyclic) bond motifs is 1. The van der Waals surface area contributed by atoms with Crippen LogP contribution in [0.3, 0.4) is 0 Å². The molecule has 0 spiro atoms. The summed E-state index contributed by atoms with van der Waals surface area (Å²) in [7, 11) is 3.32. The monoisotopic (exact) mass is 422 g/mol. The molecule has 6 heteroatoms. The van der Waals surface area contributed by atoms with Gasteiger partial charge in [0.2, 0.25) is 0 Å². The van der Waals surface area contributed by atoms with Crippen LogP contribution in [0, 0.1) is 13.8 Å². The van der Waals surface area contributed by atoms with Gasteiger partial charge in [-0.1, -0.05) is 0 Å². The van der Waals surface area contributed by atoms with E-state index in [4.69, 9.17) is 23.9 Å². The average Bonchev–Trinajstić information content (AvgIpc) is 2.80. The van der Waals surface area contributed by atoms with Crippen LogP contribution in [0.2, 0.25) is 0 Å². The van der Waals surface area contributed by atoms with E-state index in [1.165, 1.54) is 0 Å². The number of aryl methyl sites for hydroxylation is 2. The molecule has 31 heavy (non-hydrogen) atoms. The van der Waals surface area contributed by atoms with Crippen molar-refractivity contribution in [2.75, 3.05) is 53.7 Å². The topological polar surface area (TPSA) is 53.0 Å². The molecule has 0 radical (unpaired) electrons. The van der Waals surface area contributed by atoms with Gasteiger partial charge in [-0.15, -0.1) is 0 Å². The van der Waals surface area contributed by atoms with E-state index in [9.17, 15) is 0 Å². The molecule has 2 heterocycles. The summed E-state index contributed by atoms with van der Waals surface area (Å²) in [5.41, 5.74) is 4.21. The van der Waals surface area contributed by atoms with Crippen LogP contribution >= 0.6 is 0 Å². The predicted octanol–water partition coefficient (Wildman–Crippen LogP) is 4.25. The lowest BCUT2D eigenvalue weighted by atomic mass is 10.0. The van der Waals surface area contributed by atoms with Gasteiger partial charge in [0.1, 0.15) is 23.9 Å². The number of aromatic nitrogens is 1. The highest BCUT2D eigenvalue weighted by Gasteiger charge is 2.13. The van der Waals surface area contributed by atoms with E-state index in [1.807, 2.05) is 18.3 Å². The van der Waals surface area contributed by atoms with Gasteiger partial charge < -0.3 is 18.9 Å². The summed E-state index contributed by atoms with van der Waals surface area (Å²) in [4.78, 5) is 7.08. The van der Waals surface area contributed by atoms with Gasteiger partial charge in [-0.2, -0.15) is 0 Å². The minimum Gasteiger partial charge on any atom is -0.497 e. The second kappa shape index (κ2) is 9.54. The molecule has 0 saturated carbocycles. The van der Waals surface area contributed by atoms with E-state index in [1.54, 1.807) is 14.2 Å². The summed E-state index contributed by atoms with van der Waals surface area (Å²) >= 11 is 0. The number of methoxy groups -OCH3 is 2. The fourth-order valence-corrected chi connectivity index (χ4v) is 4.07. The van der Waals surface area contributed by atoms with Crippen molar-refractivity contribution >= 4 is 10.8 Å². The van der Waals surface area contributed by atoms with Crippen molar-refractivity contribution in [3.05, 3.63) is 47.7 Å². The largest absolute Gasteiger partial charge is 0.497 e. The zero-order valence-corrected chi connectivity index (χ0v) is 18.7. The molecule has 1 aliphatic rings. The van der Waals surface area contributed by atoms with Gasteiger partial charge in [-0.25, -0.2) is 0 Å². The van der Waals surface area contributed by atoms with Gasteiger partial charge in [-0.3, -0.25) is 9.88 Å². The first-order valence-electron chi connectivity index (χ1n) is 10.7. The highest BCUT2D eigenvalue weighted by atomic mass is 16.5. The van der Waals surface area contributed by atoms with E-state index in [-0.39, 0.29) is 0 Å². The maximum Gasteiger partial charge on any atom is 0.131 e. The number of nitrogens with zero attached hydrogens (tertiary/aromatic N) is 2. The Kier molecular flexibility index (Phi) is 6.59. The van der Waals surface area contributed by atoms with Gasteiger partial charge >= 0.3 is 0 Å². The van der Waals surface area contributed by atoms with Gasteiger partial charge in [0.05, 0.1) is 33.1 Å². The lowest BCUT2D eigenvalue weighted by Crippen LogP contribution is -2.38. The lowest BCUT2D eigenvalue weighted by molar-refractivity contribution is 0.0322. The maximum atomic E-state index is 6.16. The molecule has 0 aliphatic carbocycles. The minimum atomic E-state index is 0.675. The third kappa shape index (κ3) is 4.75. The molecule has 4 rings (SSSR count). The quantitative estimate of drug-likeness (QED) is 0.568. The number of pyridine rings is 1. The average molecular weight is 423 g/mol. The first-order valence-corrected chi connectivity index (χ1v) is 10.7. The fraction of sp³-hybridized carbons (Fsp3) is 0.400. The number of hydrogen-bond acceptors (Lipinski definition) is 6. The summed E-state index contributed by atoms with van der Waals surface area (Å²) in [5, 5.41) is 1.99. The van der Waals surface area contributed by atoms with Gasteiger partial charge in [0, 0.05) is 42.8 Å². The zero-order valence-electron chi connectivity index (χ0n) is 18.7. The molecule has 164 valence electrons. The molecule has 0 bridgehead atoms. The molecule has 1 aromatic heterocycles. The summed E-state index contributed by atoms with van der Waals surface area (Å²) in [6.45, 7) is 9.34. The summed E-state index contributed by atoms with van der Waals surface area (Å²) in [5.74, 6) is 2.48. The van der Waals surface area contributed by atoms with Crippen molar-refractivity contribution in [1.82, 2.24) is 9.88 Å². The Labute approximate surface area is 183 Å². The van der Waals surface area contributed by atoms with Gasteiger partial charge in [-0.05, 0) is 54.6 Å². The van der Waals surface area contributed by atoms with Crippen LogP contribution in [0.5, 0.6) is 17.2 Å². The van der Waals surface area contributed by atoms with Crippen LogP contribution in [0.4, 0.5) is 0 Å². The van der Waals surface area contributed by atoms with E-state index in [2.05, 4.69) is 36.9 Å². The molecule has 1 aliphatic heterocycles. The van der Waals surface area contributed by atoms with E-state index in [0.717, 1.165) is 83.3 Å². The number of rotatable bonds is 7. The van der Waals surface area contributed by atoms with Gasteiger partial charge in [0.15, 0.2) is 0 Å². The van der Waals surface area contributed by atoms with Crippen LogP contribution < -0.4 is 14.2 Å². The standard InChI is InChI=1S/C25H30N2O4/c1-17-11-20(12-18(2)25(17)31-10-7-27-5-8-30-9-6-27)23-14-19-13-21(28-3)15-24(29-4)22(19)16-26-23/h11-16H,5-10H2,1-4H3. The van der Waals surface area contributed by atoms with Gasteiger partial charge in [0.25, 0.3) is 0 Å². The molecule has 1 saturated heterocycles. The smallest absolute Gasteiger partial charge is 0.131 e. The lowest BCUT2D eigenvalue weighted by Gasteiger charge is -2.26. The predicted molar refractivity (Wildman–Crippen MR) is 123 cm³/mol. The van der Waals surface area contributed by atoms with Crippen molar-refractivity contribution < 1.29 is 18.9 Å². The number of ether oxygens (including phenoxy) is 4. The Morgan fingerprint density at radius 3 is 2.39 bits per heavy atom. The second-order valence-corrected chi connectivity index (χ2v) is 7.86. The Morgan fingerprint density at radius 2 is 1.71 bits per heavy atom. The molecule has 1 fully saturated rings. The van der Waals surface area contributed by atoms with Crippen molar-refractivity contribution in [1.29, 1.82) is 0 Å². The second-order valence-electron chi connectivity index (χ2n) is 7.86. The highest BCUT2D eigenvalue weighted by Crippen LogP contribution is 2.34. The molecule has 0 amide bonds. The number of benzene rings is 2. The van der Waals surface area contributed by atoms with Crippen molar-refractivity contribution in [2.45, 2.75) is 13.8 Å². The fourth-order valence-electron chi connectivity index (χ4n) is 4.07. The van der Waals surface area contributed by atoms with E-state index in [0.29, 0.717) is 6.61 Å². The molecule has 0 N–H and O–H groups in total. The molecule has 2 aromatic carbocycles. The highest BCUT2D eigenvalue weighted by molar-refractivity contribution is 5.91. The molecule has 3 aromatic rings. The summed E-state index contributed by atoms with van der Waals surface area (Å²) < 4.78 is 22.5. The minimum absolute atomic E-state index is 0.675. The molecule has 6 nitrogen and oxygen atoms in total. The van der Waals surface area contributed by atoms with Crippen LogP contribution in [-0.2, 0) is 4.74 Å². The number of morpholine rings is 1. The Balaban J connectivity index is 1.56. The van der Waals surface area contributed by atoms with Crippen molar-refractivity contribution in [3.63, 3.8) is 0 Å². The van der Waals surface area contributed by atoms with Crippen LogP contribution in [0.1, 0.15) is 11.1 Å². The van der Waals surface area contributed by atoms with E-state index < -0.39 is 0 Å². The first-order chi connectivity index (χ1) is 15.1. The summed E-state index contributed by atoms with van der Waals surface area (Å²) in [6, 6.07) is 10.2. The van der Waals surface area contributed by atoms with Crippen molar-refractivity contribution in [2.24, 2.45) is 0 Å². The Bertz CT molecular complexity index is 1040. The Hall–Kier alpha value is -2.83. The molecular weight excluding hydrogens is 392 g/mol. The van der Waals surface area contributed by atoms with Crippen molar-refractivity contribution in [3.8, 4) is 28.5 Å². The SMILES string of the molecule is COc1cc(OC)c2cnc(-c3cc(C)c(OCCN4CCOCC4)c(C)c3)cc2c1. The third-order valence-corrected chi connectivity index (χ3v) is 5.74. The Morgan fingerprint density at radius 1 is 0.968 bits per heavy atom. The molecule has 0 atom stereocenters. The van der Waals surface area contributed by atoms with Crippen LogP contribution in [-0.4, -0.2) is 63.6 Å². The number of hydrogen-bond donors (Lipinski definition) is 0. The first kappa shape index (κ1) is 21.4. The zero-order chi connectivity index (χ0) is 21.8.